The van der Waals surface area contributed by atoms with Crippen molar-refractivity contribution in [2.75, 3.05) is 5.32 Å². The average molecular weight is 580 g/mol. The van der Waals surface area contributed by atoms with Gasteiger partial charge in [-0.1, -0.05) is 55.8 Å². The number of carbonyl (C=O) groups is 1. The molecular formula is C30H31ClFN5O4. The van der Waals surface area contributed by atoms with Crippen molar-refractivity contribution in [3.8, 4) is 5.69 Å². The lowest BCUT2D eigenvalue weighted by Crippen LogP contribution is -2.25. The number of benzene rings is 2. The minimum absolute atomic E-state index is 0.0267. The summed E-state index contributed by atoms with van der Waals surface area (Å²) in [5.74, 6) is -1.45. The van der Waals surface area contributed by atoms with Gasteiger partial charge in [0.15, 0.2) is 11.0 Å². The van der Waals surface area contributed by atoms with Gasteiger partial charge in [-0.3, -0.25) is 9.36 Å². The molecule has 41 heavy (non-hydrogen) atoms. The number of anilines is 1. The Balaban J connectivity index is 1.76. The van der Waals surface area contributed by atoms with E-state index in [1.165, 1.54) is 16.8 Å². The number of ether oxygens (including phenoxy) is 1. The van der Waals surface area contributed by atoms with Crippen molar-refractivity contribution in [3.05, 3.63) is 111 Å². The zero-order chi connectivity index (χ0) is 29.7. The number of halogens is 2. The molecule has 0 fully saturated rings. The van der Waals surface area contributed by atoms with Crippen molar-refractivity contribution in [1.82, 2.24) is 19.3 Å². The minimum atomic E-state index is -0.853. The van der Waals surface area contributed by atoms with E-state index in [9.17, 15) is 14.7 Å². The third-order valence-electron chi connectivity index (χ3n) is 6.58. The number of aliphatic hydroxyl groups excluding tert-OH is 1. The molecule has 1 amide bonds. The predicted octanol–water partition coefficient (Wildman–Crippen LogP) is 6.07. The fraction of sp³-hybridized carbons (Fsp3) is 0.267. The van der Waals surface area contributed by atoms with Gasteiger partial charge in [0.25, 0.3) is 5.91 Å². The Hall–Kier alpha value is -4.28. The fourth-order valence-electron chi connectivity index (χ4n) is 4.39. The minimum Gasteiger partial charge on any atom is -0.515 e. The molecule has 11 heteroatoms. The van der Waals surface area contributed by atoms with Gasteiger partial charge in [0.05, 0.1) is 24.1 Å². The van der Waals surface area contributed by atoms with Crippen molar-refractivity contribution >= 4 is 28.8 Å². The van der Waals surface area contributed by atoms with Crippen LogP contribution in [0.2, 0.25) is 5.15 Å². The molecule has 0 aliphatic heterocycles. The van der Waals surface area contributed by atoms with Crippen LogP contribution in [0.15, 0.2) is 65.8 Å². The number of hydrogen-bond acceptors (Lipinski definition) is 6. The van der Waals surface area contributed by atoms with Gasteiger partial charge >= 0.3 is 5.69 Å². The molecule has 0 saturated carbocycles. The third kappa shape index (κ3) is 6.39. The summed E-state index contributed by atoms with van der Waals surface area (Å²) >= 11 is 6.19. The van der Waals surface area contributed by atoms with Crippen LogP contribution in [0.5, 0.6) is 0 Å². The first-order chi connectivity index (χ1) is 19.7. The summed E-state index contributed by atoms with van der Waals surface area (Å²) < 4.78 is 23.8. The summed E-state index contributed by atoms with van der Waals surface area (Å²) in [6.45, 7) is 7.78. The van der Waals surface area contributed by atoms with E-state index < -0.39 is 17.4 Å². The molecule has 0 aliphatic carbocycles. The fourth-order valence-corrected chi connectivity index (χ4v) is 4.64. The van der Waals surface area contributed by atoms with Crippen LogP contribution < -0.4 is 11.0 Å². The second kappa shape index (κ2) is 12.9. The highest BCUT2D eigenvalue weighted by atomic mass is 35.5. The normalized spacial score (nSPS) is 11.7. The number of rotatable bonds is 10. The molecule has 0 radical (unpaired) electrons. The molecule has 0 spiro atoms. The lowest BCUT2D eigenvalue weighted by molar-refractivity contribution is 0.0989. The smallest absolute Gasteiger partial charge is 0.350 e. The highest BCUT2D eigenvalue weighted by Gasteiger charge is 2.24. The van der Waals surface area contributed by atoms with Crippen LogP contribution in [0.4, 0.5) is 10.1 Å². The molecule has 0 saturated heterocycles. The number of aryl methyl sites for hydroxylation is 1. The van der Waals surface area contributed by atoms with Crippen molar-refractivity contribution < 1.29 is 19.0 Å². The van der Waals surface area contributed by atoms with Gasteiger partial charge < -0.3 is 15.2 Å². The van der Waals surface area contributed by atoms with Gasteiger partial charge in [-0.05, 0) is 60.2 Å². The van der Waals surface area contributed by atoms with Gasteiger partial charge in [0.1, 0.15) is 18.1 Å². The lowest BCUT2D eigenvalue weighted by Gasteiger charge is -2.18. The second-order valence-corrected chi connectivity index (χ2v) is 10.0. The number of aromatic nitrogens is 4. The molecule has 0 unspecified atom stereocenters. The highest BCUT2D eigenvalue weighted by molar-refractivity contribution is 6.33. The number of allylic oxidation sites excluding steroid dienone is 1. The van der Waals surface area contributed by atoms with Gasteiger partial charge in [-0.15, -0.1) is 5.10 Å². The average Bonchev–Trinajstić information content (AvgIpc) is 3.26. The molecule has 2 N–H and O–H groups in total. The number of pyridine rings is 1. The molecular weight excluding hydrogens is 549 g/mol. The topological polar surface area (TPSA) is 111 Å². The van der Waals surface area contributed by atoms with E-state index in [2.05, 4.69) is 15.4 Å². The van der Waals surface area contributed by atoms with E-state index in [4.69, 9.17) is 16.3 Å². The summed E-state index contributed by atoms with van der Waals surface area (Å²) in [5, 5.41) is 17.2. The Labute approximate surface area is 241 Å². The number of amides is 1. The standard InChI is InChI=1S/C30H31ClFN5O4/c1-5-36-26(17-41-16-20-9-7-6-8-10-20)35-37(30(36)40)25-14-21(23(15-38)18(2)3)22(13-24(25)32)29(39)34-27-19(4)11-12-33-28(27)31/h6-15,18,38H,5,16-17H2,1-4H3,(H,34,39). The third-order valence-corrected chi connectivity index (χ3v) is 6.87. The van der Waals surface area contributed by atoms with E-state index >= 15 is 4.39 Å². The Morgan fingerprint density at radius 3 is 2.54 bits per heavy atom. The van der Waals surface area contributed by atoms with E-state index in [0.29, 0.717) is 23.6 Å². The molecule has 4 aromatic rings. The molecule has 9 nitrogen and oxygen atoms in total. The Morgan fingerprint density at radius 2 is 1.90 bits per heavy atom. The number of nitrogens with one attached hydrogen (secondary N) is 1. The summed E-state index contributed by atoms with van der Waals surface area (Å²) in [4.78, 5) is 30.7. The maximum Gasteiger partial charge on any atom is 0.350 e. The van der Waals surface area contributed by atoms with Gasteiger partial charge in [-0.25, -0.2) is 14.2 Å². The SMILES string of the molecule is CCn1c(COCc2ccccc2)nn(-c2cc(C(=CO)C(C)C)c(C(=O)Nc3c(C)ccnc3Cl)cc2F)c1=O. The van der Waals surface area contributed by atoms with E-state index in [0.717, 1.165) is 22.6 Å². The Kier molecular flexibility index (Phi) is 9.36. The summed E-state index contributed by atoms with van der Waals surface area (Å²) in [7, 11) is 0. The Bertz CT molecular complexity index is 1630. The first kappa shape index (κ1) is 29.7. The molecule has 4 rings (SSSR count). The second-order valence-electron chi connectivity index (χ2n) is 9.67. The summed E-state index contributed by atoms with van der Waals surface area (Å²) in [6, 6.07) is 13.6. The molecule has 2 aromatic heterocycles. The largest absolute Gasteiger partial charge is 0.515 e. The first-order valence-electron chi connectivity index (χ1n) is 13.1. The molecule has 0 aliphatic rings. The molecule has 214 valence electrons. The van der Waals surface area contributed by atoms with Crippen LogP contribution in [-0.4, -0.2) is 30.3 Å². The zero-order valence-electron chi connectivity index (χ0n) is 23.2. The summed E-state index contributed by atoms with van der Waals surface area (Å²) in [6.07, 6.45) is 2.38. The predicted molar refractivity (Wildman–Crippen MR) is 156 cm³/mol. The van der Waals surface area contributed by atoms with Crippen molar-refractivity contribution in [1.29, 1.82) is 0 Å². The molecule has 2 aromatic carbocycles. The zero-order valence-corrected chi connectivity index (χ0v) is 23.9. The van der Waals surface area contributed by atoms with Crippen molar-refractivity contribution in [3.63, 3.8) is 0 Å². The monoisotopic (exact) mass is 579 g/mol. The van der Waals surface area contributed by atoms with Gasteiger partial charge in [0, 0.05) is 12.7 Å². The number of carbonyl (C=O) groups excluding carboxylic acids is 1. The van der Waals surface area contributed by atoms with E-state index in [1.807, 2.05) is 44.2 Å². The highest BCUT2D eigenvalue weighted by Crippen LogP contribution is 2.31. The van der Waals surface area contributed by atoms with E-state index in [1.54, 1.807) is 19.9 Å². The lowest BCUT2D eigenvalue weighted by atomic mass is 9.91. The van der Waals surface area contributed by atoms with Crippen LogP contribution in [0.3, 0.4) is 0 Å². The number of hydrogen-bond donors (Lipinski definition) is 2. The molecule has 0 atom stereocenters. The van der Waals surface area contributed by atoms with Crippen molar-refractivity contribution in [2.45, 2.75) is 47.5 Å². The maximum atomic E-state index is 15.7. The van der Waals surface area contributed by atoms with Crippen molar-refractivity contribution in [2.24, 2.45) is 5.92 Å². The first-order valence-corrected chi connectivity index (χ1v) is 13.4. The number of nitrogens with zero attached hydrogens (tertiary/aromatic N) is 4. The van der Waals surface area contributed by atoms with Gasteiger partial charge in [-0.2, -0.15) is 4.68 Å². The summed E-state index contributed by atoms with van der Waals surface area (Å²) in [5.41, 5.74) is 1.70. The Morgan fingerprint density at radius 1 is 1.17 bits per heavy atom. The van der Waals surface area contributed by atoms with Crippen LogP contribution >= 0.6 is 11.6 Å². The number of aliphatic hydroxyl groups is 1. The molecule has 0 bridgehead atoms. The van der Waals surface area contributed by atoms with Crippen LogP contribution in [0.25, 0.3) is 11.3 Å². The van der Waals surface area contributed by atoms with Crippen LogP contribution in [-0.2, 0) is 24.5 Å². The quantitative estimate of drug-likeness (QED) is 0.174. The van der Waals surface area contributed by atoms with Gasteiger partial charge in [0.2, 0.25) is 0 Å². The van der Waals surface area contributed by atoms with E-state index in [-0.39, 0.29) is 46.7 Å². The molecule has 2 heterocycles. The maximum absolute atomic E-state index is 15.7. The van der Waals surface area contributed by atoms with Crippen LogP contribution in [0.1, 0.15) is 53.6 Å². The van der Waals surface area contributed by atoms with Crippen LogP contribution in [0, 0.1) is 18.7 Å².